The van der Waals surface area contributed by atoms with Gasteiger partial charge in [-0.3, -0.25) is 14.9 Å². The van der Waals surface area contributed by atoms with E-state index in [1.807, 2.05) is 27.7 Å². The molecule has 5 nitrogen and oxygen atoms in total. The van der Waals surface area contributed by atoms with E-state index in [9.17, 15) is 23.7 Å². The molecule has 1 amide bonds. The van der Waals surface area contributed by atoms with Gasteiger partial charge in [-0.15, -0.1) is 0 Å². The number of nitro groups is 1. The second-order valence-electron chi connectivity index (χ2n) is 6.02. The van der Waals surface area contributed by atoms with Crippen LogP contribution in [0.15, 0.2) is 12.1 Å². The van der Waals surface area contributed by atoms with Gasteiger partial charge < -0.3 is 5.32 Å². The molecule has 1 N–H and O–H groups in total. The number of carbonyl (C=O) groups excluding carboxylic acids is 1. The van der Waals surface area contributed by atoms with Crippen molar-refractivity contribution in [3.63, 3.8) is 0 Å². The first-order valence-electron chi connectivity index (χ1n) is 6.45. The zero-order valence-corrected chi connectivity index (χ0v) is 12.4. The van der Waals surface area contributed by atoms with Crippen LogP contribution in [0.4, 0.5) is 14.5 Å². The highest BCUT2D eigenvalue weighted by molar-refractivity contribution is 5.94. The third-order valence-corrected chi connectivity index (χ3v) is 3.53. The molecule has 0 aliphatic heterocycles. The Balaban J connectivity index is 2.89. The van der Waals surface area contributed by atoms with Crippen LogP contribution >= 0.6 is 0 Å². The molecule has 0 bridgehead atoms. The van der Waals surface area contributed by atoms with Gasteiger partial charge in [-0.25, -0.2) is 4.39 Å². The number of benzene rings is 1. The first kappa shape index (κ1) is 17.0. The maximum atomic E-state index is 13.7. The lowest BCUT2D eigenvalue weighted by Crippen LogP contribution is -2.34. The van der Waals surface area contributed by atoms with Gasteiger partial charge in [0, 0.05) is 6.54 Å². The fourth-order valence-electron chi connectivity index (χ4n) is 1.50. The third kappa shape index (κ3) is 4.21. The molecule has 0 aromatic heterocycles. The van der Waals surface area contributed by atoms with Crippen LogP contribution in [-0.2, 0) is 0 Å². The average molecular weight is 300 g/mol. The fourth-order valence-corrected chi connectivity index (χ4v) is 1.50. The molecule has 1 unspecified atom stereocenters. The van der Waals surface area contributed by atoms with E-state index in [2.05, 4.69) is 5.32 Å². The molecule has 7 heteroatoms. The van der Waals surface area contributed by atoms with Crippen molar-refractivity contribution in [2.75, 3.05) is 6.54 Å². The summed E-state index contributed by atoms with van der Waals surface area (Å²) in [5, 5.41) is 13.0. The molecule has 0 saturated heterocycles. The molecule has 0 saturated carbocycles. The lowest BCUT2D eigenvalue weighted by Gasteiger charge is -2.27. The van der Waals surface area contributed by atoms with Gasteiger partial charge in [0.1, 0.15) is 5.82 Å². The van der Waals surface area contributed by atoms with E-state index in [1.165, 1.54) is 0 Å². The predicted molar refractivity (Wildman–Crippen MR) is 74.0 cm³/mol. The summed E-state index contributed by atoms with van der Waals surface area (Å²) >= 11 is 0. The van der Waals surface area contributed by atoms with Gasteiger partial charge in [-0.2, -0.15) is 4.39 Å². The number of carbonyl (C=O) groups is 1. The Hall–Kier alpha value is -2.05. The lowest BCUT2D eigenvalue weighted by molar-refractivity contribution is -0.387. The first-order valence-corrected chi connectivity index (χ1v) is 6.45. The largest absolute Gasteiger partial charge is 0.352 e. The number of nitrogens with one attached hydrogen (secondary N) is 1. The zero-order chi connectivity index (χ0) is 16.4. The highest BCUT2D eigenvalue weighted by Gasteiger charge is 2.24. The summed E-state index contributed by atoms with van der Waals surface area (Å²) in [4.78, 5) is 21.3. The first-order chi connectivity index (χ1) is 9.54. The molecule has 1 aromatic rings. The van der Waals surface area contributed by atoms with Gasteiger partial charge in [0.15, 0.2) is 0 Å². The van der Waals surface area contributed by atoms with Crippen LogP contribution in [0.3, 0.4) is 0 Å². The summed E-state index contributed by atoms with van der Waals surface area (Å²) in [6.07, 6.45) is 0. The van der Waals surface area contributed by atoms with Crippen molar-refractivity contribution >= 4 is 11.6 Å². The average Bonchev–Trinajstić information content (AvgIpc) is 2.36. The molecule has 0 spiro atoms. The summed E-state index contributed by atoms with van der Waals surface area (Å²) < 4.78 is 27.1. The smallest absolute Gasteiger partial charge is 0.307 e. The normalized spacial score (nSPS) is 12.9. The Kier molecular flexibility index (Phi) is 4.98. The van der Waals surface area contributed by atoms with Gasteiger partial charge in [0.05, 0.1) is 16.6 Å². The van der Waals surface area contributed by atoms with Crippen LogP contribution in [0.5, 0.6) is 0 Å². The Bertz CT molecular complexity index is 568. The highest BCUT2D eigenvalue weighted by atomic mass is 19.1. The minimum absolute atomic E-state index is 0.0491. The molecule has 0 aliphatic rings. The van der Waals surface area contributed by atoms with Crippen molar-refractivity contribution in [1.29, 1.82) is 0 Å². The molecule has 0 fully saturated rings. The minimum Gasteiger partial charge on any atom is -0.352 e. The van der Waals surface area contributed by atoms with Crippen molar-refractivity contribution in [3.05, 3.63) is 39.4 Å². The standard InChI is InChI=1S/C14H18F2N2O3/c1-8(14(2,3)4)7-17-13(19)9-5-11(16)12(18(20)21)6-10(9)15/h5-6,8H,7H2,1-4H3,(H,17,19). The minimum atomic E-state index is -1.24. The van der Waals surface area contributed by atoms with Crippen molar-refractivity contribution in [2.24, 2.45) is 11.3 Å². The van der Waals surface area contributed by atoms with E-state index in [1.54, 1.807) is 0 Å². The maximum Gasteiger partial charge on any atom is 0.307 e. The molecule has 0 radical (unpaired) electrons. The molecule has 0 heterocycles. The van der Waals surface area contributed by atoms with Gasteiger partial charge in [0.25, 0.3) is 5.91 Å². The van der Waals surface area contributed by atoms with E-state index < -0.39 is 33.7 Å². The van der Waals surface area contributed by atoms with E-state index in [-0.39, 0.29) is 11.3 Å². The van der Waals surface area contributed by atoms with E-state index >= 15 is 0 Å². The summed E-state index contributed by atoms with van der Waals surface area (Å²) in [6.45, 7) is 8.20. The van der Waals surface area contributed by atoms with E-state index in [4.69, 9.17) is 0 Å². The molecule has 1 atom stereocenters. The second kappa shape index (κ2) is 6.15. The molecule has 116 valence electrons. The number of halogens is 2. The van der Waals surface area contributed by atoms with Crippen LogP contribution < -0.4 is 5.32 Å². The quantitative estimate of drug-likeness (QED) is 0.685. The number of amides is 1. The highest BCUT2D eigenvalue weighted by Crippen LogP contribution is 2.25. The van der Waals surface area contributed by atoms with Crippen LogP contribution in [0.2, 0.25) is 0 Å². The SMILES string of the molecule is CC(CNC(=O)c1cc(F)c([N+](=O)[O-])cc1F)C(C)(C)C. The molecular weight excluding hydrogens is 282 g/mol. The van der Waals surface area contributed by atoms with Crippen LogP contribution in [0.25, 0.3) is 0 Å². The number of nitrogens with zero attached hydrogens (tertiary/aromatic N) is 1. The molecule has 21 heavy (non-hydrogen) atoms. The van der Waals surface area contributed by atoms with Gasteiger partial charge in [-0.05, 0) is 17.4 Å². The lowest BCUT2D eigenvalue weighted by atomic mass is 9.82. The van der Waals surface area contributed by atoms with Gasteiger partial charge in [-0.1, -0.05) is 27.7 Å². The Morgan fingerprint density at radius 3 is 2.38 bits per heavy atom. The molecular formula is C14H18F2N2O3. The van der Waals surface area contributed by atoms with E-state index in [0.717, 1.165) is 0 Å². The summed E-state index contributed by atoms with van der Waals surface area (Å²) in [5.41, 5.74) is -1.58. The van der Waals surface area contributed by atoms with Crippen LogP contribution in [-0.4, -0.2) is 17.4 Å². The zero-order valence-electron chi connectivity index (χ0n) is 12.4. The number of rotatable bonds is 4. The monoisotopic (exact) mass is 300 g/mol. The number of hydrogen-bond acceptors (Lipinski definition) is 3. The summed E-state index contributed by atoms with van der Waals surface area (Å²) in [7, 11) is 0. The van der Waals surface area contributed by atoms with Gasteiger partial charge in [0.2, 0.25) is 5.82 Å². The molecule has 1 rings (SSSR count). The Labute approximate surface area is 121 Å². The van der Waals surface area contributed by atoms with Crippen molar-refractivity contribution in [3.8, 4) is 0 Å². The third-order valence-electron chi connectivity index (χ3n) is 3.53. The topological polar surface area (TPSA) is 72.2 Å². The Morgan fingerprint density at radius 2 is 1.90 bits per heavy atom. The Morgan fingerprint density at radius 1 is 1.33 bits per heavy atom. The number of hydrogen-bond donors (Lipinski definition) is 1. The van der Waals surface area contributed by atoms with Crippen LogP contribution in [0, 0.1) is 33.1 Å². The van der Waals surface area contributed by atoms with Crippen LogP contribution in [0.1, 0.15) is 38.1 Å². The summed E-state index contributed by atoms with van der Waals surface area (Å²) in [6, 6.07) is 0.960. The molecule has 0 aliphatic carbocycles. The van der Waals surface area contributed by atoms with Crippen molar-refractivity contribution < 1.29 is 18.5 Å². The maximum absolute atomic E-state index is 13.7. The van der Waals surface area contributed by atoms with Gasteiger partial charge >= 0.3 is 5.69 Å². The van der Waals surface area contributed by atoms with E-state index in [0.29, 0.717) is 18.7 Å². The number of nitro benzene ring substituents is 1. The van der Waals surface area contributed by atoms with Crippen molar-refractivity contribution in [1.82, 2.24) is 5.32 Å². The second-order valence-corrected chi connectivity index (χ2v) is 6.02. The van der Waals surface area contributed by atoms with Crippen molar-refractivity contribution in [2.45, 2.75) is 27.7 Å². The summed E-state index contributed by atoms with van der Waals surface area (Å²) in [5.74, 6) is -3.04. The fraction of sp³-hybridized carbons (Fsp3) is 0.500. The predicted octanol–water partition coefficient (Wildman–Crippen LogP) is 3.29. The molecule has 1 aromatic carbocycles.